The lowest BCUT2D eigenvalue weighted by atomic mass is 9.95. The summed E-state index contributed by atoms with van der Waals surface area (Å²) in [5, 5.41) is 6.03. The van der Waals surface area contributed by atoms with Crippen LogP contribution in [0.4, 0.5) is 0 Å². The number of hydrogen-bond donors (Lipinski definition) is 2. The lowest BCUT2D eigenvalue weighted by Gasteiger charge is -2.36. The summed E-state index contributed by atoms with van der Waals surface area (Å²) < 4.78 is 0. The van der Waals surface area contributed by atoms with Gasteiger partial charge in [-0.1, -0.05) is 20.8 Å². The Bertz CT molecular complexity index is 328. The van der Waals surface area contributed by atoms with Crippen molar-refractivity contribution >= 4 is 24.2 Å². The molecule has 112 valence electrons. The van der Waals surface area contributed by atoms with E-state index in [9.17, 15) is 9.59 Å². The van der Waals surface area contributed by atoms with Crippen LogP contribution in [-0.2, 0) is 9.59 Å². The molecule has 1 fully saturated rings. The number of nitrogens with one attached hydrogen (secondary N) is 2. The Morgan fingerprint density at radius 3 is 2.42 bits per heavy atom. The van der Waals surface area contributed by atoms with Crippen LogP contribution in [0.2, 0.25) is 0 Å². The average molecular weight is 292 g/mol. The van der Waals surface area contributed by atoms with Gasteiger partial charge in [-0.05, 0) is 13.8 Å². The number of carbonyl (C=O) groups is 2. The number of hydrogen-bond acceptors (Lipinski definition) is 3. The quantitative estimate of drug-likeness (QED) is 0.790. The molecule has 1 aliphatic heterocycles. The normalized spacial score (nSPS) is 21.3. The van der Waals surface area contributed by atoms with Crippen LogP contribution in [0.15, 0.2) is 0 Å². The second-order valence-corrected chi connectivity index (χ2v) is 6.03. The summed E-state index contributed by atoms with van der Waals surface area (Å²) in [5.74, 6) is -0.0901. The summed E-state index contributed by atoms with van der Waals surface area (Å²) in [6, 6.07) is -0.280. The predicted octanol–water partition coefficient (Wildman–Crippen LogP) is 0.779. The lowest BCUT2D eigenvalue weighted by Crippen LogP contribution is -2.57. The minimum absolute atomic E-state index is 0. The van der Waals surface area contributed by atoms with Crippen LogP contribution in [0.3, 0.4) is 0 Å². The summed E-state index contributed by atoms with van der Waals surface area (Å²) in [5.41, 5.74) is -0.469. The maximum absolute atomic E-state index is 12.3. The van der Waals surface area contributed by atoms with Crippen LogP contribution in [0.5, 0.6) is 0 Å². The van der Waals surface area contributed by atoms with Crippen molar-refractivity contribution in [1.82, 2.24) is 15.5 Å². The number of halogens is 1. The molecule has 6 heteroatoms. The molecule has 0 spiro atoms. The van der Waals surface area contributed by atoms with Crippen LogP contribution in [-0.4, -0.2) is 48.4 Å². The molecule has 0 aromatic heterocycles. The topological polar surface area (TPSA) is 61.4 Å². The summed E-state index contributed by atoms with van der Waals surface area (Å²) in [6.45, 7) is 11.6. The van der Waals surface area contributed by atoms with E-state index in [0.29, 0.717) is 6.54 Å². The van der Waals surface area contributed by atoms with E-state index in [1.54, 1.807) is 6.92 Å². The maximum atomic E-state index is 12.3. The molecule has 0 aliphatic carbocycles. The number of carbonyl (C=O) groups excluding carboxylic acids is 2. The molecular weight excluding hydrogens is 266 g/mol. The zero-order valence-corrected chi connectivity index (χ0v) is 13.3. The van der Waals surface area contributed by atoms with Crippen LogP contribution in [0.1, 0.15) is 34.6 Å². The second kappa shape index (κ2) is 7.10. The third-order valence-electron chi connectivity index (χ3n) is 3.18. The van der Waals surface area contributed by atoms with Gasteiger partial charge in [-0.2, -0.15) is 0 Å². The van der Waals surface area contributed by atoms with Gasteiger partial charge in [0.2, 0.25) is 11.8 Å². The Morgan fingerprint density at radius 1 is 1.37 bits per heavy atom. The SMILES string of the molecule is CC(NC(=O)C(C)(C)C)C(=O)N1CCNC[C@H]1C.Cl. The number of piperazine rings is 1. The molecule has 1 unspecified atom stereocenters. The molecule has 1 heterocycles. The highest BCUT2D eigenvalue weighted by atomic mass is 35.5. The van der Waals surface area contributed by atoms with E-state index in [1.165, 1.54) is 0 Å². The van der Waals surface area contributed by atoms with Crippen molar-refractivity contribution in [3.63, 3.8) is 0 Å². The summed E-state index contributed by atoms with van der Waals surface area (Å²) in [4.78, 5) is 25.9. The Balaban J connectivity index is 0.00000324. The third kappa shape index (κ3) is 4.99. The Kier molecular flexibility index (Phi) is 6.80. The van der Waals surface area contributed by atoms with Gasteiger partial charge in [-0.25, -0.2) is 0 Å². The van der Waals surface area contributed by atoms with Gasteiger partial charge in [0, 0.05) is 31.1 Å². The Hall–Kier alpha value is -0.810. The first-order valence-electron chi connectivity index (χ1n) is 6.55. The monoisotopic (exact) mass is 291 g/mol. The molecule has 2 amide bonds. The summed E-state index contributed by atoms with van der Waals surface area (Å²) in [7, 11) is 0. The van der Waals surface area contributed by atoms with Crippen LogP contribution < -0.4 is 10.6 Å². The van der Waals surface area contributed by atoms with E-state index in [4.69, 9.17) is 0 Å². The van der Waals surface area contributed by atoms with Crippen molar-refractivity contribution in [2.24, 2.45) is 5.41 Å². The minimum Gasteiger partial charge on any atom is -0.344 e. The maximum Gasteiger partial charge on any atom is 0.245 e. The molecule has 1 saturated heterocycles. The molecule has 1 aliphatic rings. The molecule has 1 rings (SSSR count). The van der Waals surface area contributed by atoms with E-state index >= 15 is 0 Å². The zero-order chi connectivity index (χ0) is 13.9. The first-order chi connectivity index (χ1) is 8.23. The molecule has 0 bridgehead atoms. The van der Waals surface area contributed by atoms with E-state index in [0.717, 1.165) is 13.1 Å². The van der Waals surface area contributed by atoms with Gasteiger partial charge in [0.15, 0.2) is 0 Å². The minimum atomic E-state index is -0.469. The van der Waals surface area contributed by atoms with Crippen molar-refractivity contribution in [2.75, 3.05) is 19.6 Å². The zero-order valence-electron chi connectivity index (χ0n) is 12.4. The third-order valence-corrected chi connectivity index (χ3v) is 3.18. The number of rotatable bonds is 2. The molecule has 2 N–H and O–H groups in total. The Morgan fingerprint density at radius 2 is 1.95 bits per heavy atom. The van der Waals surface area contributed by atoms with Crippen LogP contribution in [0, 0.1) is 5.41 Å². The Labute approximate surface area is 121 Å². The molecular formula is C13H26ClN3O2. The molecule has 5 nitrogen and oxygen atoms in total. The fourth-order valence-corrected chi connectivity index (χ4v) is 1.89. The van der Waals surface area contributed by atoms with Gasteiger partial charge in [-0.3, -0.25) is 9.59 Å². The van der Waals surface area contributed by atoms with Gasteiger partial charge in [-0.15, -0.1) is 12.4 Å². The van der Waals surface area contributed by atoms with Crippen molar-refractivity contribution in [2.45, 2.75) is 46.7 Å². The average Bonchev–Trinajstić information content (AvgIpc) is 2.27. The fourth-order valence-electron chi connectivity index (χ4n) is 1.89. The van der Waals surface area contributed by atoms with E-state index in [-0.39, 0.29) is 30.3 Å². The lowest BCUT2D eigenvalue weighted by molar-refractivity contribution is -0.140. The van der Waals surface area contributed by atoms with Crippen molar-refractivity contribution in [1.29, 1.82) is 0 Å². The van der Waals surface area contributed by atoms with Crippen molar-refractivity contribution in [3.8, 4) is 0 Å². The van der Waals surface area contributed by atoms with Gasteiger partial charge >= 0.3 is 0 Å². The highest BCUT2D eigenvalue weighted by Gasteiger charge is 2.30. The second-order valence-electron chi connectivity index (χ2n) is 6.03. The van der Waals surface area contributed by atoms with E-state index in [2.05, 4.69) is 10.6 Å². The number of nitrogens with zero attached hydrogens (tertiary/aromatic N) is 1. The standard InChI is InChI=1S/C13H25N3O2.ClH/c1-9-8-14-6-7-16(9)11(17)10(2)15-12(18)13(3,4)5;/h9-10,14H,6-8H2,1-5H3,(H,15,18);1H/t9-,10?;/m1./s1. The van der Waals surface area contributed by atoms with Gasteiger partial charge in [0.1, 0.15) is 6.04 Å². The summed E-state index contributed by atoms with van der Waals surface area (Å²) >= 11 is 0. The van der Waals surface area contributed by atoms with Crippen molar-refractivity contribution in [3.05, 3.63) is 0 Å². The van der Waals surface area contributed by atoms with E-state index in [1.807, 2.05) is 32.6 Å². The molecule has 2 atom stereocenters. The molecule has 0 aromatic rings. The highest BCUT2D eigenvalue weighted by Crippen LogP contribution is 2.13. The summed E-state index contributed by atoms with van der Waals surface area (Å²) in [6.07, 6.45) is 0. The fraction of sp³-hybridized carbons (Fsp3) is 0.846. The number of amides is 2. The van der Waals surface area contributed by atoms with Crippen molar-refractivity contribution < 1.29 is 9.59 Å². The molecule has 0 saturated carbocycles. The van der Waals surface area contributed by atoms with E-state index < -0.39 is 11.5 Å². The smallest absolute Gasteiger partial charge is 0.245 e. The van der Waals surface area contributed by atoms with Gasteiger partial charge in [0.05, 0.1) is 0 Å². The molecule has 19 heavy (non-hydrogen) atoms. The van der Waals surface area contributed by atoms with Gasteiger partial charge < -0.3 is 15.5 Å². The molecule has 0 aromatic carbocycles. The first-order valence-corrected chi connectivity index (χ1v) is 6.55. The van der Waals surface area contributed by atoms with Gasteiger partial charge in [0.25, 0.3) is 0 Å². The van der Waals surface area contributed by atoms with Crippen LogP contribution >= 0.6 is 12.4 Å². The predicted molar refractivity (Wildman–Crippen MR) is 78.4 cm³/mol. The largest absolute Gasteiger partial charge is 0.344 e. The van der Waals surface area contributed by atoms with Crippen LogP contribution in [0.25, 0.3) is 0 Å². The highest BCUT2D eigenvalue weighted by molar-refractivity contribution is 5.89. The first kappa shape index (κ1) is 18.2. The molecule has 0 radical (unpaired) electrons.